The molecule has 0 aliphatic rings. The molecule has 114 valence electrons. The van der Waals surface area contributed by atoms with Crippen LogP contribution >= 0.6 is 11.6 Å². The first-order valence-electron chi connectivity index (χ1n) is 7.01. The van der Waals surface area contributed by atoms with E-state index in [2.05, 4.69) is 28.9 Å². The van der Waals surface area contributed by atoms with Gasteiger partial charge in [-0.15, -0.1) is 0 Å². The van der Waals surface area contributed by atoms with Crippen molar-refractivity contribution in [2.45, 2.75) is 26.4 Å². The molecule has 22 heavy (non-hydrogen) atoms. The summed E-state index contributed by atoms with van der Waals surface area (Å²) in [7, 11) is 0. The number of rotatable bonds is 5. The van der Waals surface area contributed by atoms with Gasteiger partial charge in [0.05, 0.1) is 18.4 Å². The topological polar surface area (TPSA) is 55.3 Å². The molecule has 6 heteroatoms. The van der Waals surface area contributed by atoms with Crippen molar-refractivity contribution >= 4 is 17.3 Å². The smallest absolute Gasteiger partial charge is 0.246 e. The van der Waals surface area contributed by atoms with Crippen LogP contribution in [0.4, 0.5) is 5.69 Å². The van der Waals surface area contributed by atoms with Gasteiger partial charge in [0.25, 0.3) is 0 Å². The number of benzene rings is 1. The number of hydrogen-bond acceptors (Lipinski definition) is 5. The van der Waals surface area contributed by atoms with Crippen molar-refractivity contribution in [3.63, 3.8) is 0 Å². The third-order valence-corrected chi connectivity index (χ3v) is 3.59. The molecule has 1 aromatic carbocycles. The van der Waals surface area contributed by atoms with E-state index < -0.39 is 0 Å². The Balaban J connectivity index is 1.81. The normalized spacial score (nSPS) is 11.1. The van der Waals surface area contributed by atoms with E-state index in [0.29, 0.717) is 23.3 Å². The lowest BCUT2D eigenvalue weighted by Crippen LogP contribution is -2.30. The fraction of sp³-hybridized carbons (Fsp3) is 0.250. The second kappa shape index (κ2) is 6.23. The zero-order chi connectivity index (χ0) is 15.5. The highest BCUT2D eigenvalue weighted by molar-refractivity contribution is 6.30. The van der Waals surface area contributed by atoms with Gasteiger partial charge in [0.1, 0.15) is 6.26 Å². The maximum atomic E-state index is 5.95. The third-order valence-electron chi connectivity index (χ3n) is 3.33. The Morgan fingerprint density at radius 3 is 2.59 bits per heavy atom. The summed E-state index contributed by atoms with van der Waals surface area (Å²) in [5, 5.41) is 4.70. The summed E-state index contributed by atoms with van der Waals surface area (Å²) < 4.78 is 10.4. The second-order valence-electron chi connectivity index (χ2n) is 5.22. The summed E-state index contributed by atoms with van der Waals surface area (Å²) in [6.07, 6.45) is 3.17. The zero-order valence-electron chi connectivity index (χ0n) is 12.4. The summed E-state index contributed by atoms with van der Waals surface area (Å²) >= 11 is 5.95. The van der Waals surface area contributed by atoms with E-state index in [9.17, 15) is 0 Å². The number of aromatic nitrogens is 2. The SMILES string of the molecule is CC(C)N(Cc1nc(-c2ccoc2)no1)c1ccc(Cl)cc1. The van der Waals surface area contributed by atoms with Crippen molar-refractivity contribution in [1.29, 1.82) is 0 Å². The van der Waals surface area contributed by atoms with Gasteiger partial charge in [-0.2, -0.15) is 4.98 Å². The molecule has 5 nitrogen and oxygen atoms in total. The van der Waals surface area contributed by atoms with Crippen LogP contribution in [-0.4, -0.2) is 16.2 Å². The summed E-state index contributed by atoms with van der Waals surface area (Å²) in [6, 6.07) is 9.79. The van der Waals surface area contributed by atoms with Crippen molar-refractivity contribution in [2.75, 3.05) is 4.90 Å². The van der Waals surface area contributed by atoms with E-state index in [1.165, 1.54) is 0 Å². The Bertz CT molecular complexity index is 720. The highest BCUT2D eigenvalue weighted by Crippen LogP contribution is 2.23. The molecule has 3 aromatic rings. The van der Waals surface area contributed by atoms with E-state index in [1.54, 1.807) is 18.6 Å². The Kier molecular flexibility index (Phi) is 4.15. The van der Waals surface area contributed by atoms with Gasteiger partial charge in [-0.25, -0.2) is 0 Å². The molecule has 0 saturated carbocycles. The highest BCUT2D eigenvalue weighted by Gasteiger charge is 2.16. The molecular formula is C16H16ClN3O2. The Labute approximate surface area is 133 Å². The molecule has 0 saturated heterocycles. The number of halogens is 1. The number of anilines is 1. The van der Waals surface area contributed by atoms with E-state index in [4.69, 9.17) is 20.5 Å². The van der Waals surface area contributed by atoms with Gasteiger partial charge in [-0.3, -0.25) is 0 Å². The van der Waals surface area contributed by atoms with Crippen LogP contribution in [-0.2, 0) is 6.54 Å². The summed E-state index contributed by atoms with van der Waals surface area (Å²) in [5.41, 5.74) is 1.86. The van der Waals surface area contributed by atoms with Crippen molar-refractivity contribution in [3.05, 3.63) is 53.8 Å². The van der Waals surface area contributed by atoms with E-state index in [0.717, 1.165) is 11.3 Å². The van der Waals surface area contributed by atoms with Crippen LogP contribution in [0.15, 0.2) is 51.8 Å². The Hall–Kier alpha value is -2.27. The quantitative estimate of drug-likeness (QED) is 0.698. The van der Waals surface area contributed by atoms with Gasteiger partial charge in [0.2, 0.25) is 11.7 Å². The summed E-state index contributed by atoms with van der Waals surface area (Å²) in [6.45, 7) is 4.76. The van der Waals surface area contributed by atoms with Crippen LogP contribution in [0.2, 0.25) is 5.02 Å². The van der Waals surface area contributed by atoms with Crippen molar-refractivity contribution < 1.29 is 8.94 Å². The van der Waals surface area contributed by atoms with E-state index in [-0.39, 0.29) is 6.04 Å². The van der Waals surface area contributed by atoms with Crippen LogP contribution in [0, 0.1) is 0 Å². The Morgan fingerprint density at radius 1 is 1.18 bits per heavy atom. The predicted molar refractivity (Wildman–Crippen MR) is 84.8 cm³/mol. The maximum Gasteiger partial charge on any atom is 0.246 e. The van der Waals surface area contributed by atoms with Gasteiger partial charge >= 0.3 is 0 Å². The van der Waals surface area contributed by atoms with Crippen molar-refractivity contribution in [3.8, 4) is 11.4 Å². The molecule has 2 heterocycles. The van der Waals surface area contributed by atoms with Gasteiger partial charge in [-0.05, 0) is 44.2 Å². The first-order chi connectivity index (χ1) is 10.6. The summed E-state index contributed by atoms with van der Waals surface area (Å²) in [4.78, 5) is 6.58. The summed E-state index contributed by atoms with van der Waals surface area (Å²) in [5.74, 6) is 1.09. The highest BCUT2D eigenvalue weighted by atomic mass is 35.5. The molecule has 0 amide bonds. The zero-order valence-corrected chi connectivity index (χ0v) is 13.1. The molecule has 0 aliphatic heterocycles. The monoisotopic (exact) mass is 317 g/mol. The third kappa shape index (κ3) is 3.14. The number of nitrogens with zero attached hydrogens (tertiary/aromatic N) is 3. The molecule has 2 aromatic heterocycles. The molecule has 3 rings (SSSR count). The lowest BCUT2D eigenvalue weighted by molar-refractivity contribution is 0.373. The van der Waals surface area contributed by atoms with Crippen LogP contribution in [0.1, 0.15) is 19.7 Å². The lowest BCUT2D eigenvalue weighted by atomic mass is 10.2. The minimum atomic E-state index is 0.283. The van der Waals surface area contributed by atoms with E-state index >= 15 is 0 Å². The number of hydrogen-bond donors (Lipinski definition) is 0. The fourth-order valence-corrected chi connectivity index (χ4v) is 2.30. The van der Waals surface area contributed by atoms with Crippen LogP contribution in [0.25, 0.3) is 11.4 Å². The first-order valence-corrected chi connectivity index (χ1v) is 7.38. The minimum Gasteiger partial charge on any atom is -0.472 e. The molecule has 0 radical (unpaired) electrons. The van der Waals surface area contributed by atoms with E-state index in [1.807, 2.05) is 24.3 Å². The average Bonchev–Trinajstić information content (AvgIpc) is 3.17. The van der Waals surface area contributed by atoms with Crippen LogP contribution in [0.3, 0.4) is 0 Å². The molecule has 0 aliphatic carbocycles. The molecule has 0 N–H and O–H groups in total. The molecule has 0 bridgehead atoms. The largest absolute Gasteiger partial charge is 0.472 e. The van der Waals surface area contributed by atoms with Gasteiger partial charge in [0.15, 0.2) is 0 Å². The van der Waals surface area contributed by atoms with Crippen molar-refractivity contribution in [2.24, 2.45) is 0 Å². The molecule has 0 atom stereocenters. The average molecular weight is 318 g/mol. The van der Waals surface area contributed by atoms with Crippen LogP contribution < -0.4 is 4.90 Å². The van der Waals surface area contributed by atoms with Gasteiger partial charge in [0, 0.05) is 16.8 Å². The first kappa shape index (κ1) is 14.7. The minimum absolute atomic E-state index is 0.283. The van der Waals surface area contributed by atoms with Crippen molar-refractivity contribution in [1.82, 2.24) is 10.1 Å². The predicted octanol–water partition coefficient (Wildman–Crippen LogP) is 4.40. The van der Waals surface area contributed by atoms with Gasteiger partial charge in [-0.1, -0.05) is 16.8 Å². The molecular weight excluding hydrogens is 302 g/mol. The Morgan fingerprint density at radius 2 is 1.95 bits per heavy atom. The maximum absolute atomic E-state index is 5.95. The molecule has 0 spiro atoms. The molecule has 0 fully saturated rings. The van der Waals surface area contributed by atoms with Gasteiger partial charge < -0.3 is 13.8 Å². The standard InChI is InChI=1S/C16H16ClN3O2/c1-11(2)20(14-5-3-13(17)4-6-14)9-15-18-16(19-22-15)12-7-8-21-10-12/h3-8,10-11H,9H2,1-2H3. The number of furan rings is 1. The second-order valence-corrected chi connectivity index (χ2v) is 5.66. The lowest BCUT2D eigenvalue weighted by Gasteiger charge is -2.27. The molecule has 0 unspecified atom stereocenters. The van der Waals surface area contributed by atoms with Crippen LogP contribution in [0.5, 0.6) is 0 Å². The fourth-order valence-electron chi connectivity index (χ4n) is 2.18.